The third-order valence-corrected chi connectivity index (χ3v) is 3.30. The van der Waals surface area contributed by atoms with Gasteiger partial charge in [-0.2, -0.15) is 0 Å². The summed E-state index contributed by atoms with van der Waals surface area (Å²) in [4.78, 5) is 13.5. The van der Waals surface area contributed by atoms with Crippen molar-refractivity contribution in [3.05, 3.63) is 33.8 Å². The minimum absolute atomic E-state index is 0.0668. The third-order valence-electron chi connectivity index (χ3n) is 2.72. The van der Waals surface area contributed by atoms with Crippen LogP contribution < -0.4 is 5.73 Å². The van der Waals surface area contributed by atoms with Gasteiger partial charge in [-0.3, -0.25) is 4.79 Å². The number of likely N-dealkylation sites (N-methyl/N-ethyl adjacent to an activating group) is 1. The van der Waals surface area contributed by atoms with Crippen molar-refractivity contribution in [1.29, 1.82) is 0 Å². The van der Waals surface area contributed by atoms with Crippen LogP contribution in [0.4, 0.5) is 0 Å². The second kappa shape index (κ2) is 6.98. The van der Waals surface area contributed by atoms with E-state index >= 15 is 0 Å². The minimum Gasteiger partial charge on any atom is -0.340 e. The summed E-state index contributed by atoms with van der Waals surface area (Å²) in [5.41, 5.74) is 6.66. The van der Waals surface area contributed by atoms with Gasteiger partial charge < -0.3 is 10.6 Å². The summed E-state index contributed by atoms with van der Waals surface area (Å²) in [5, 5.41) is 1.15. The summed E-state index contributed by atoms with van der Waals surface area (Å²) in [6.45, 7) is 2.44. The number of hydrogen-bond acceptors (Lipinski definition) is 2. The summed E-state index contributed by atoms with van der Waals surface area (Å²) in [5.74, 6) is -0.0668. The zero-order valence-corrected chi connectivity index (χ0v) is 12.1. The van der Waals surface area contributed by atoms with Gasteiger partial charge in [0.15, 0.2) is 0 Å². The minimum atomic E-state index is -0.439. The molecule has 5 heteroatoms. The Morgan fingerprint density at radius 2 is 2.11 bits per heavy atom. The molecule has 0 saturated carbocycles. The van der Waals surface area contributed by atoms with E-state index in [-0.39, 0.29) is 5.91 Å². The summed E-state index contributed by atoms with van der Waals surface area (Å²) in [6, 6.07) is 4.81. The highest BCUT2D eigenvalue weighted by Crippen LogP contribution is 2.22. The van der Waals surface area contributed by atoms with Gasteiger partial charge in [-0.25, -0.2) is 0 Å². The molecule has 1 aromatic rings. The van der Waals surface area contributed by atoms with E-state index in [4.69, 9.17) is 28.9 Å². The highest BCUT2D eigenvalue weighted by atomic mass is 35.5. The fourth-order valence-corrected chi connectivity index (χ4v) is 2.17. The van der Waals surface area contributed by atoms with Gasteiger partial charge in [-0.05, 0) is 24.1 Å². The van der Waals surface area contributed by atoms with Crippen LogP contribution in [0.5, 0.6) is 0 Å². The summed E-state index contributed by atoms with van der Waals surface area (Å²) < 4.78 is 0. The Morgan fingerprint density at radius 1 is 1.44 bits per heavy atom. The molecule has 0 fully saturated rings. The predicted molar refractivity (Wildman–Crippen MR) is 75.8 cm³/mol. The number of amides is 1. The van der Waals surface area contributed by atoms with Crippen molar-refractivity contribution in [3.63, 3.8) is 0 Å². The van der Waals surface area contributed by atoms with Crippen LogP contribution >= 0.6 is 23.2 Å². The van der Waals surface area contributed by atoms with E-state index < -0.39 is 6.04 Å². The Morgan fingerprint density at radius 3 is 2.67 bits per heavy atom. The van der Waals surface area contributed by atoms with Crippen LogP contribution in [0.1, 0.15) is 25.3 Å². The zero-order chi connectivity index (χ0) is 13.7. The Hall–Kier alpha value is -0.770. The van der Waals surface area contributed by atoms with Crippen LogP contribution in [0.2, 0.25) is 10.0 Å². The van der Waals surface area contributed by atoms with Gasteiger partial charge in [-0.1, -0.05) is 42.6 Å². The van der Waals surface area contributed by atoms with Crippen LogP contribution in [0.15, 0.2) is 18.2 Å². The zero-order valence-electron chi connectivity index (χ0n) is 10.6. The van der Waals surface area contributed by atoms with Gasteiger partial charge in [0, 0.05) is 23.6 Å². The quantitative estimate of drug-likeness (QED) is 0.905. The smallest absolute Gasteiger partial charge is 0.239 e. The van der Waals surface area contributed by atoms with Gasteiger partial charge >= 0.3 is 0 Å². The maximum absolute atomic E-state index is 11.9. The molecule has 1 rings (SSSR count). The molecule has 0 bridgehead atoms. The highest BCUT2D eigenvalue weighted by molar-refractivity contribution is 6.35. The molecule has 0 aliphatic carbocycles. The van der Waals surface area contributed by atoms with Gasteiger partial charge in [0.25, 0.3) is 0 Å². The number of nitrogens with two attached hydrogens (primary N) is 1. The van der Waals surface area contributed by atoms with Crippen molar-refractivity contribution < 1.29 is 4.79 Å². The molecule has 0 aliphatic rings. The third kappa shape index (κ3) is 4.16. The molecule has 18 heavy (non-hydrogen) atoms. The van der Waals surface area contributed by atoms with Crippen LogP contribution in [-0.2, 0) is 11.3 Å². The molecule has 0 radical (unpaired) electrons. The molecular formula is C13H18Cl2N2O. The predicted octanol–water partition coefficient (Wildman–Crippen LogP) is 3.08. The molecule has 0 spiro atoms. The topological polar surface area (TPSA) is 46.3 Å². The fourth-order valence-electron chi connectivity index (χ4n) is 1.70. The second-order valence-corrected chi connectivity index (χ2v) is 5.17. The molecule has 0 saturated heterocycles. The van der Waals surface area contributed by atoms with Crippen molar-refractivity contribution in [2.24, 2.45) is 5.73 Å². The summed E-state index contributed by atoms with van der Waals surface area (Å²) in [7, 11) is 1.72. The lowest BCUT2D eigenvalue weighted by molar-refractivity contribution is -0.131. The van der Waals surface area contributed by atoms with Crippen molar-refractivity contribution in [1.82, 2.24) is 4.90 Å². The Balaban J connectivity index is 2.69. The van der Waals surface area contributed by atoms with Crippen molar-refractivity contribution >= 4 is 29.1 Å². The second-order valence-electron chi connectivity index (χ2n) is 4.33. The standard InChI is InChI=1S/C13H18Cl2N2O/c1-3-4-12(16)13(18)17(2)8-9-5-6-10(14)7-11(9)15/h5-7,12H,3-4,8,16H2,1-2H3/t12-/m0/s1. The molecule has 1 amide bonds. The van der Waals surface area contributed by atoms with Gasteiger partial charge in [-0.15, -0.1) is 0 Å². The maximum Gasteiger partial charge on any atom is 0.239 e. The number of carbonyl (C=O) groups excluding carboxylic acids is 1. The SMILES string of the molecule is CCC[C@H](N)C(=O)N(C)Cc1ccc(Cl)cc1Cl. The fraction of sp³-hybridized carbons (Fsp3) is 0.462. The molecular weight excluding hydrogens is 271 g/mol. The Labute approximate surface area is 118 Å². The van der Waals surface area contributed by atoms with E-state index in [1.807, 2.05) is 13.0 Å². The van der Waals surface area contributed by atoms with Crippen LogP contribution in [0.25, 0.3) is 0 Å². The largest absolute Gasteiger partial charge is 0.340 e. The van der Waals surface area contributed by atoms with Gasteiger partial charge in [0.2, 0.25) is 5.91 Å². The number of benzene rings is 1. The first-order valence-corrected chi connectivity index (χ1v) is 6.65. The number of nitrogens with zero attached hydrogens (tertiary/aromatic N) is 1. The van der Waals surface area contributed by atoms with Crippen LogP contribution in [0, 0.1) is 0 Å². The van der Waals surface area contributed by atoms with Crippen LogP contribution in [-0.4, -0.2) is 23.9 Å². The number of hydrogen-bond donors (Lipinski definition) is 1. The van der Waals surface area contributed by atoms with Gasteiger partial charge in [0.1, 0.15) is 0 Å². The first kappa shape index (κ1) is 15.3. The Bertz CT molecular complexity index is 423. The number of carbonyl (C=O) groups is 1. The normalized spacial score (nSPS) is 12.3. The average Bonchev–Trinajstić information content (AvgIpc) is 2.32. The van der Waals surface area contributed by atoms with E-state index in [0.29, 0.717) is 23.0 Å². The van der Waals surface area contributed by atoms with E-state index in [0.717, 1.165) is 12.0 Å². The number of halogens is 2. The van der Waals surface area contributed by atoms with Crippen molar-refractivity contribution in [2.75, 3.05) is 7.05 Å². The molecule has 0 aromatic heterocycles. The van der Waals surface area contributed by atoms with Crippen molar-refractivity contribution in [3.8, 4) is 0 Å². The lowest BCUT2D eigenvalue weighted by Crippen LogP contribution is -2.41. The lowest BCUT2D eigenvalue weighted by Gasteiger charge is -2.21. The van der Waals surface area contributed by atoms with Gasteiger partial charge in [0.05, 0.1) is 6.04 Å². The van der Waals surface area contributed by atoms with Crippen LogP contribution in [0.3, 0.4) is 0 Å². The molecule has 1 atom stereocenters. The summed E-state index contributed by atoms with van der Waals surface area (Å²) >= 11 is 11.9. The van der Waals surface area contributed by atoms with E-state index in [1.165, 1.54) is 0 Å². The molecule has 2 N–H and O–H groups in total. The first-order valence-electron chi connectivity index (χ1n) is 5.90. The van der Waals surface area contributed by atoms with E-state index in [9.17, 15) is 4.79 Å². The van der Waals surface area contributed by atoms with E-state index in [2.05, 4.69) is 0 Å². The number of rotatable bonds is 5. The highest BCUT2D eigenvalue weighted by Gasteiger charge is 2.17. The first-order chi connectivity index (χ1) is 8.45. The molecule has 100 valence electrons. The van der Waals surface area contributed by atoms with E-state index in [1.54, 1.807) is 24.1 Å². The average molecular weight is 289 g/mol. The lowest BCUT2D eigenvalue weighted by atomic mass is 10.1. The summed E-state index contributed by atoms with van der Waals surface area (Å²) in [6.07, 6.45) is 1.58. The molecule has 1 aromatic carbocycles. The molecule has 0 aliphatic heterocycles. The molecule has 0 heterocycles. The monoisotopic (exact) mass is 288 g/mol. The van der Waals surface area contributed by atoms with Crippen molar-refractivity contribution in [2.45, 2.75) is 32.4 Å². The molecule has 3 nitrogen and oxygen atoms in total. The maximum atomic E-state index is 11.9. The molecule has 0 unspecified atom stereocenters. The Kier molecular flexibility index (Phi) is 5.93.